The van der Waals surface area contributed by atoms with E-state index in [0.717, 1.165) is 16.1 Å². The largest absolute Gasteiger partial charge is 0.350 e. The Morgan fingerprint density at radius 2 is 1.72 bits per heavy atom. The molecule has 5 aromatic rings. The molecule has 0 unspecified atom stereocenters. The molecule has 2 aromatic carbocycles. The molecular weight excluding hydrogens is 458 g/mol. The Hall–Kier alpha value is -3.30. The lowest BCUT2D eigenvalue weighted by molar-refractivity contribution is 0.510. The van der Waals surface area contributed by atoms with Crippen LogP contribution in [0.15, 0.2) is 60.9 Å². The molecule has 0 saturated heterocycles. The highest BCUT2D eigenvalue weighted by Crippen LogP contribution is 2.35. The molecule has 3 heterocycles. The molecule has 0 spiro atoms. The van der Waals surface area contributed by atoms with E-state index in [2.05, 4.69) is 9.97 Å². The molecule has 3 aromatic heterocycles. The third-order valence-electron chi connectivity index (χ3n) is 5.26. The minimum atomic E-state index is -3.81. The van der Waals surface area contributed by atoms with Gasteiger partial charge in [0, 0.05) is 41.8 Å². The number of aryl methyl sites for hydroxylation is 1. The van der Waals surface area contributed by atoms with Crippen molar-refractivity contribution in [2.45, 2.75) is 5.75 Å². The highest BCUT2D eigenvalue weighted by molar-refractivity contribution is 7.89. The molecule has 0 N–H and O–H groups in total. The van der Waals surface area contributed by atoms with E-state index in [9.17, 15) is 17.2 Å². The monoisotopic (exact) mass is 472 g/mol. The predicted molar refractivity (Wildman–Crippen MR) is 119 cm³/mol. The first-order chi connectivity index (χ1) is 15.2. The summed E-state index contributed by atoms with van der Waals surface area (Å²) in [5.74, 6) is -2.19. The standard InChI is InChI=1S/C22H15ClF2N4O2S/c1-28-11-16(15-9-17(24)18(25)10-19(15)28)20-14-7-8-29(21(14)27-22(23)26-20)32(30,31)12-13-5-3-2-4-6-13/h2-11H,12H2,1H3. The summed E-state index contributed by atoms with van der Waals surface area (Å²) in [6, 6.07) is 12.5. The molecule has 0 aliphatic rings. The van der Waals surface area contributed by atoms with Gasteiger partial charge in [0.25, 0.3) is 0 Å². The van der Waals surface area contributed by atoms with E-state index in [1.54, 1.807) is 54.2 Å². The number of nitrogens with zero attached hydrogens (tertiary/aromatic N) is 4. The Kier molecular flexibility index (Phi) is 4.75. The number of aromatic nitrogens is 4. The minimum absolute atomic E-state index is 0.107. The number of hydrogen-bond donors (Lipinski definition) is 0. The van der Waals surface area contributed by atoms with Gasteiger partial charge < -0.3 is 4.57 Å². The van der Waals surface area contributed by atoms with Gasteiger partial charge >= 0.3 is 0 Å². The van der Waals surface area contributed by atoms with Crippen LogP contribution in [0.5, 0.6) is 0 Å². The second kappa shape index (κ2) is 7.39. The van der Waals surface area contributed by atoms with Crippen LogP contribution in [0.4, 0.5) is 8.78 Å². The Morgan fingerprint density at radius 1 is 1.00 bits per heavy atom. The van der Waals surface area contributed by atoms with Crippen LogP contribution >= 0.6 is 11.6 Å². The van der Waals surface area contributed by atoms with Crippen LogP contribution < -0.4 is 0 Å². The van der Waals surface area contributed by atoms with Crippen LogP contribution in [-0.4, -0.2) is 26.9 Å². The van der Waals surface area contributed by atoms with Crippen molar-refractivity contribution in [3.8, 4) is 11.3 Å². The zero-order valence-corrected chi connectivity index (χ0v) is 18.2. The van der Waals surface area contributed by atoms with Gasteiger partial charge in [0.05, 0.1) is 17.0 Å². The number of halogens is 3. The van der Waals surface area contributed by atoms with E-state index in [1.165, 1.54) is 6.20 Å². The molecule has 0 bridgehead atoms. The van der Waals surface area contributed by atoms with Crippen LogP contribution in [0.25, 0.3) is 33.2 Å². The Balaban J connectivity index is 1.72. The summed E-state index contributed by atoms with van der Waals surface area (Å²) in [6.07, 6.45) is 3.06. The molecule has 6 nitrogen and oxygen atoms in total. The van der Waals surface area contributed by atoms with Crippen molar-refractivity contribution in [1.29, 1.82) is 0 Å². The van der Waals surface area contributed by atoms with E-state index in [-0.39, 0.29) is 16.7 Å². The quantitative estimate of drug-likeness (QED) is 0.349. The van der Waals surface area contributed by atoms with Gasteiger partial charge in [-0.25, -0.2) is 26.2 Å². The second-order valence-corrected chi connectivity index (χ2v) is 9.55. The van der Waals surface area contributed by atoms with Gasteiger partial charge in [-0.05, 0) is 29.3 Å². The molecule has 162 valence electrons. The maximum absolute atomic E-state index is 14.0. The lowest BCUT2D eigenvalue weighted by Crippen LogP contribution is -2.14. The fourth-order valence-electron chi connectivity index (χ4n) is 3.81. The maximum Gasteiger partial charge on any atom is 0.244 e. The summed E-state index contributed by atoms with van der Waals surface area (Å²) < 4.78 is 56.7. The van der Waals surface area contributed by atoms with Gasteiger partial charge in [-0.1, -0.05) is 30.3 Å². The topological polar surface area (TPSA) is 69.8 Å². The van der Waals surface area contributed by atoms with E-state index in [4.69, 9.17) is 11.6 Å². The molecule has 0 aliphatic carbocycles. The molecule has 0 saturated carbocycles. The zero-order valence-electron chi connectivity index (χ0n) is 16.6. The maximum atomic E-state index is 14.0. The highest BCUT2D eigenvalue weighted by Gasteiger charge is 2.23. The van der Waals surface area contributed by atoms with E-state index in [1.807, 2.05) is 0 Å². The van der Waals surface area contributed by atoms with Crippen molar-refractivity contribution in [3.05, 3.63) is 83.4 Å². The first-order valence-electron chi connectivity index (χ1n) is 9.51. The van der Waals surface area contributed by atoms with Crippen LogP contribution in [0.1, 0.15) is 5.56 Å². The van der Waals surface area contributed by atoms with E-state index < -0.39 is 21.7 Å². The van der Waals surface area contributed by atoms with Crippen molar-refractivity contribution in [1.82, 2.24) is 18.5 Å². The third-order valence-corrected chi connectivity index (χ3v) is 7.02. The summed E-state index contributed by atoms with van der Waals surface area (Å²) in [5.41, 5.74) is 1.99. The first kappa shape index (κ1) is 20.6. The number of hydrogen-bond acceptors (Lipinski definition) is 4. The van der Waals surface area contributed by atoms with Gasteiger partial charge in [-0.2, -0.15) is 4.98 Å². The van der Waals surface area contributed by atoms with Crippen molar-refractivity contribution < 1.29 is 17.2 Å². The normalized spacial score (nSPS) is 12.1. The summed E-state index contributed by atoms with van der Waals surface area (Å²) in [7, 11) is -2.12. The van der Waals surface area contributed by atoms with Crippen LogP contribution in [0, 0.1) is 11.6 Å². The third kappa shape index (κ3) is 3.34. The lowest BCUT2D eigenvalue weighted by atomic mass is 10.1. The SMILES string of the molecule is Cn1cc(-c2nc(Cl)nc3c2ccn3S(=O)(=O)Cc2ccccc2)c2cc(F)c(F)cc21. The second-order valence-electron chi connectivity index (χ2n) is 7.37. The van der Waals surface area contributed by atoms with Gasteiger partial charge in [0.1, 0.15) is 0 Å². The van der Waals surface area contributed by atoms with Crippen LogP contribution in [0.3, 0.4) is 0 Å². The van der Waals surface area contributed by atoms with Gasteiger partial charge in [0.15, 0.2) is 17.3 Å². The van der Waals surface area contributed by atoms with Crippen molar-refractivity contribution >= 4 is 43.6 Å². The van der Waals surface area contributed by atoms with Gasteiger partial charge in [0.2, 0.25) is 15.3 Å². The fraction of sp³-hybridized carbons (Fsp3) is 0.0909. The number of fused-ring (bicyclic) bond motifs is 2. The summed E-state index contributed by atoms with van der Waals surface area (Å²) in [5, 5.41) is 0.674. The smallest absolute Gasteiger partial charge is 0.244 e. The van der Waals surface area contributed by atoms with Crippen molar-refractivity contribution in [3.63, 3.8) is 0 Å². The van der Waals surface area contributed by atoms with Gasteiger partial charge in [-0.3, -0.25) is 0 Å². The van der Waals surface area contributed by atoms with Crippen LogP contribution in [-0.2, 0) is 22.8 Å². The molecule has 0 atom stereocenters. The number of rotatable bonds is 4. The molecule has 32 heavy (non-hydrogen) atoms. The fourth-order valence-corrected chi connectivity index (χ4v) is 5.38. The average molecular weight is 473 g/mol. The minimum Gasteiger partial charge on any atom is -0.350 e. The molecule has 0 aliphatic heterocycles. The molecule has 0 fully saturated rings. The molecule has 5 rings (SSSR count). The molecule has 0 radical (unpaired) electrons. The van der Waals surface area contributed by atoms with Crippen molar-refractivity contribution in [2.24, 2.45) is 7.05 Å². The van der Waals surface area contributed by atoms with E-state index in [0.29, 0.717) is 33.1 Å². The first-order valence-corrected chi connectivity index (χ1v) is 11.5. The summed E-state index contributed by atoms with van der Waals surface area (Å²) in [4.78, 5) is 8.43. The predicted octanol–water partition coefficient (Wildman–Crippen LogP) is 4.90. The Labute approximate surface area is 186 Å². The number of benzene rings is 2. The summed E-state index contributed by atoms with van der Waals surface area (Å²) >= 11 is 6.16. The Bertz CT molecular complexity index is 1610. The van der Waals surface area contributed by atoms with E-state index >= 15 is 0 Å². The van der Waals surface area contributed by atoms with Gasteiger partial charge in [-0.15, -0.1) is 0 Å². The molecular formula is C22H15ClF2N4O2S. The highest BCUT2D eigenvalue weighted by atomic mass is 35.5. The average Bonchev–Trinajstić information content (AvgIpc) is 3.30. The lowest BCUT2D eigenvalue weighted by Gasteiger charge is -2.08. The summed E-state index contributed by atoms with van der Waals surface area (Å²) in [6.45, 7) is 0. The van der Waals surface area contributed by atoms with Crippen LogP contribution in [0.2, 0.25) is 5.28 Å². The zero-order chi connectivity index (χ0) is 22.6. The molecule has 10 heteroatoms. The molecule has 0 amide bonds. The van der Waals surface area contributed by atoms with Crippen molar-refractivity contribution in [2.75, 3.05) is 0 Å². The Morgan fingerprint density at radius 3 is 2.47 bits per heavy atom.